The number of rotatable bonds is 5. The van der Waals surface area contributed by atoms with Crippen LogP contribution in [0.4, 0.5) is 17.3 Å². The van der Waals surface area contributed by atoms with Crippen LogP contribution in [0.25, 0.3) is 0 Å². The second-order valence-electron chi connectivity index (χ2n) is 6.73. The lowest BCUT2D eigenvalue weighted by atomic mass is 10.0. The molecule has 2 N–H and O–H groups in total. The summed E-state index contributed by atoms with van der Waals surface area (Å²) in [5.74, 6) is 0.290. The van der Waals surface area contributed by atoms with Gasteiger partial charge in [-0.2, -0.15) is 5.26 Å². The van der Waals surface area contributed by atoms with E-state index in [1.807, 2.05) is 30.3 Å². The smallest absolute Gasteiger partial charge is 0.274 e. The Hall–Kier alpha value is -3.72. The first-order valence-electron chi connectivity index (χ1n) is 8.99. The zero-order valence-corrected chi connectivity index (χ0v) is 16.0. The normalized spacial score (nSPS) is 10.4. The van der Waals surface area contributed by atoms with Gasteiger partial charge >= 0.3 is 0 Å². The molecular weight excluding hydrogens is 350 g/mol. The minimum atomic E-state index is -0.299. The summed E-state index contributed by atoms with van der Waals surface area (Å²) in [6.07, 6.45) is 0. The van der Waals surface area contributed by atoms with E-state index in [1.165, 1.54) is 0 Å². The first-order chi connectivity index (χ1) is 13.5. The van der Waals surface area contributed by atoms with E-state index in [0.717, 1.165) is 11.3 Å². The largest absolute Gasteiger partial charge is 0.324 e. The maximum absolute atomic E-state index is 12.8. The molecule has 3 rings (SSSR count). The third-order valence-corrected chi connectivity index (χ3v) is 4.17. The van der Waals surface area contributed by atoms with Crippen LogP contribution < -0.4 is 10.6 Å². The molecule has 1 amide bonds. The van der Waals surface area contributed by atoms with Crippen molar-refractivity contribution in [2.24, 2.45) is 0 Å². The maximum atomic E-state index is 12.8. The van der Waals surface area contributed by atoms with E-state index in [1.54, 1.807) is 31.2 Å². The van der Waals surface area contributed by atoms with Crippen LogP contribution in [0.3, 0.4) is 0 Å². The first-order valence-corrected chi connectivity index (χ1v) is 8.99. The third kappa shape index (κ3) is 4.51. The average molecular weight is 371 g/mol. The molecule has 0 fully saturated rings. The van der Waals surface area contributed by atoms with Crippen molar-refractivity contribution >= 4 is 23.2 Å². The van der Waals surface area contributed by atoms with E-state index >= 15 is 0 Å². The lowest BCUT2D eigenvalue weighted by molar-refractivity contribution is 0.102. The molecule has 0 spiro atoms. The molecule has 140 valence electrons. The van der Waals surface area contributed by atoms with E-state index in [2.05, 4.69) is 40.5 Å². The molecule has 1 aromatic heterocycles. The van der Waals surface area contributed by atoms with Crippen LogP contribution in [0.1, 0.15) is 47.1 Å². The molecule has 6 nitrogen and oxygen atoms in total. The van der Waals surface area contributed by atoms with Crippen LogP contribution in [0.5, 0.6) is 0 Å². The van der Waals surface area contributed by atoms with Gasteiger partial charge in [-0.25, -0.2) is 9.97 Å². The van der Waals surface area contributed by atoms with Crippen molar-refractivity contribution in [1.82, 2.24) is 9.97 Å². The van der Waals surface area contributed by atoms with E-state index in [0.29, 0.717) is 22.9 Å². The molecule has 1 heterocycles. The summed E-state index contributed by atoms with van der Waals surface area (Å²) in [5.41, 5.74) is 3.98. The second kappa shape index (κ2) is 8.31. The number of para-hydroxylation sites is 1. The van der Waals surface area contributed by atoms with Crippen LogP contribution >= 0.6 is 0 Å². The van der Waals surface area contributed by atoms with E-state index in [4.69, 9.17) is 5.26 Å². The van der Waals surface area contributed by atoms with Gasteiger partial charge < -0.3 is 10.6 Å². The average Bonchev–Trinajstić information content (AvgIpc) is 2.68. The number of benzene rings is 2. The molecule has 0 aliphatic heterocycles. The topological polar surface area (TPSA) is 90.7 Å². The predicted molar refractivity (Wildman–Crippen MR) is 110 cm³/mol. The second-order valence-corrected chi connectivity index (χ2v) is 6.73. The molecular formula is C22H21N5O. The lowest BCUT2D eigenvalue weighted by Gasteiger charge is -2.14. The first kappa shape index (κ1) is 19.1. The zero-order chi connectivity index (χ0) is 20.1. The van der Waals surface area contributed by atoms with Gasteiger partial charge in [0.05, 0.1) is 11.6 Å². The Kier molecular flexibility index (Phi) is 5.66. The summed E-state index contributed by atoms with van der Waals surface area (Å²) >= 11 is 0. The summed E-state index contributed by atoms with van der Waals surface area (Å²) in [6.45, 7) is 5.96. The van der Waals surface area contributed by atoms with Crippen LogP contribution in [0, 0.1) is 18.3 Å². The molecule has 0 saturated heterocycles. The van der Waals surface area contributed by atoms with Gasteiger partial charge in [0.25, 0.3) is 5.91 Å². The van der Waals surface area contributed by atoms with Crippen molar-refractivity contribution in [3.63, 3.8) is 0 Å². The summed E-state index contributed by atoms with van der Waals surface area (Å²) in [7, 11) is 0. The standard InChI is InChI=1S/C22H21N5O/c1-14(2)18-9-4-5-10-19(18)26-21(28)20-11-15(3)24-22(27-20)25-17-8-6-7-16(12-17)13-23/h4-12,14H,1-3H3,(H,26,28)(H,24,25,27). The Morgan fingerprint density at radius 3 is 2.61 bits per heavy atom. The molecule has 0 atom stereocenters. The number of nitrogens with zero attached hydrogens (tertiary/aromatic N) is 3. The van der Waals surface area contributed by atoms with Gasteiger partial charge in [-0.1, -0.05) is 38.1 Å². The summed E-state index contributed by atoms with van der Waals surface area (Å²) < 4.78 is 0. The Morgan fingerprint density at radius 2 is 1.86 bits per heavy atom. The van der Waals surface area contributed by atoms with Gasteiger partial charge in [0.1, 0.15) is 5.69 Å². The number of aryl methyl sites for hydroxylation is 1. The van der Waals surface area contributed by atoms with Crippen molar-refractivity contribution in [3.05, 3.63) is 77.1 Å². The summed E-state index contributed by atoms with van der Waals surface area (Å²) in [4.78, 5) is 21.4. The van der Waals surface area contributed by atoms with Crippen LogP contribution in [-0.2, 0) is 0 Å². The number of hydrogen-bond donors (Lipinski definition) is 2. The van der Waals surface area contributed by atoms with Crippen LogP contribution in [0.2, 0.25) is 0 Å². The van der Waals surface area contributed by atoms with Gasteiger partial charge in [0, 0.05) is 17.1 Å². The fraction of sp³-hybridized carbons (Fsp3) is 0.182. The molecule has 0 aliphatic carbocycles. The molecule has 6 heteroatoms. The monoisotopic (exact) mass is 371 g/mol. The highest BCUT2D eigenvalue weighted by Crippen LogP contribution is 2.24. The molecule has 2 aromatic carbocycles. The predicted octanol–water partition coefficient (Wildman–Crippen LogP) is 4.78. The molecule has 0 saturated carbocycles. The number of nitrogens with one attached hydrogen (secondary N) is 2. The van der Waals surface area contributed by atoms with Crippen molar-refractivity contribution in [2.75, 3.05) is 10.6 Å². The molecule has 28 heavy (non-hydrogen) atoms. The number of aromatic nitrogens is 2. The Bertz CT molecular complexity index is 1050. The number of nitriles is 1. The highest BCUT2D eigenvalue weighted by molar-refractivity contribution is 6.03. The fourth-order valence-corrected chi connectivity index (χ4v) is 2.84. The third-order valence-electron chi connectivity index (χ3n) is 4.17. The van der Waals surface area contributed by atoms with Gasteiger partial charge in [0.2, 0.25) is 5.95 Å². The van der Waals surface area contributed by atoms with Crippen LogP contribution in [-0.4, -0.2) is 15.9 Å². The minimum Gasteiger partial charge on any atom is -0.324 e. The quantitative estimate of drug-likeness (QED) is 0.674. The van der Waals surface area contributed by atoms with Crippen molar-refractivity contribution in [2.45, 2.75) is 26.7 Å². The Morgan fingerprint density at radius 1 is 1.07 bits per heavy atom. The summed E-state index contributed by atoms with van der Waals surface area (Å²) in [6, 6.07) is 18.5. The van der Waals surface area contributed by atoms with Crippen molar-refractivity contribution < 1.29 is 4.79 Å². The minimum absolute atomic E-state index is 0.269. The number of carbonyl (C=O) groups excluding carboxylic acids is 1. The van der Waals surface area contributed by atoms with Gasteiger partial charge in [-0.05, 0) is 48.7 Å². The summed E-state index contributed by atoms with van der Waals surface area (Å²) in [5, 5.41) is 15.0. The fourth-order valence-electron chi connectivity index (χ4n) is 2.84. The number of hydrogen-bond acceptors (Lipinski definition) is 5. The van der Waals surface area contributed by atoms with Crippen LogP contribution in [0.15, 0.2) is 54.6 Å². The number of anilines is 3. The van der Waals surface area contributed by atoms with E-state index in [-0.39, 0.29) is 17.5 Å². The molecule has 0 unspecified atom stereocenters. The van der Waals surface area contributed by atoms with Gasteiger partial charge in [0.15, 0.2) is 0 Å². The van der Waals surface area contributed by atoms with Gasteiger partial charge in [-0.15, -0.1) is 0 Å². The Labute approximate surface area is 164 Å². The van der Waals surface area contributed by atoms with Crippen molar-refractivity contribution in [1.29, 1.82) is 5.26 Å². The zero-order valence-electron chi connectivity index (χ0n) is 16.0. The highest BCUT2D eigenvalue weighted by Gasteiger charge is 2.14. The molecule has 3 aromatic rings. The van der Waals surface area contributed by atoms with E-state index < -0.39 is 0 Å². The molecule has 0 radical (unpaired) electrons. The number of amides is 1. The Balaban J connectivity index is 1.85. The highest BCUT2D eigenvalue weighted by atomic mass is 16.1. The van der Waals surface area contributed by atoms with Crippen molar-refractivity contribution in [3.8, 4) is 6.07 Å². The maximum Gasteiger partial charge on any atom is 0.274 e. The van der Waals surface area contributed by atoms with Gasteiger partial charge in [-0.3, -0.25) is 4.79 Å². The lowest BCUT2D eigenvalue weighted by Crippen LogP contribution is -2.16. The molecule has 0 aliphatic rings. The van der Waals surface area contributed by atoms with E-state index in [9.17, 15) is 4.79 Å². The number of carbonyl (C=O) groups is 1. The SMILES string of the molecule is Cc1cc(C(=O)Nc2ccccc2C(C)C)nc(Nc2cccc(C#N)c2)n1. The molecule has 0 bridgehead atoms.